The lowest BCUT2D eigenvalue weighted by molar-refractivity contribution is -0.155. The largest absolute Gasteiger partial charge is 0.474 e. The number of rotatable bonds is 2. The predicted molar refractivity (Wildman–Crippen MR) is 117 cm³/mol. The van der Waals surface area contributed by atoms with E-state index in [0.29, 0.717) is 34.6 Å². The Morgan fingerprint density at radius 3 is 2.84 bits per heavy atom. The van der Waals surface area contributed by atoms with Gasteiger partial charge in [-0.2, -0.15) is 9.61 Å². The van der Waals surface area contributed by atoms with Gasteiger partial charge in [0.05, 0.1) is 21.9 Å². The molecule has 0 bridgehead atoms. The van der Waals surface area contributed by atoms with E-state index in [-0.39, 0.29) is 12.5 Å². The smallest absolute Gasteiger partial charge is 0.394 e. The number of aromatic nitrogens is 4. The van der Waals surface area contributed by atoms with Gasteiger partial charge in [-0.25, -0.2) is 9.78 Å². The van der Waals surface area contributed by atoms with Crippen molar-refractivity contribution in [3.05, 3.63) is 52.9 Å². The van der Waals surface area contributed by atoms with Gasteiger partial charge in [0.15, 0.2) is 5.65 Å². The second kappa shape index (κ2) is 7.31. The lowest BCUT2D eigenvalue weighted by Crippen LogP contribution is -2.34. The normalized spacial score (nSPS) is 16.3. The van der Waals surface area contributed by atoms with Crippen molar-refractivity contribution in [2.24, 2.45) is 0 Å². The molecule has 1 saturated heterocycles. The minimum Gasteiger partial charge on any atom is -0.474 e. The number of carbonyl (C=O) groups is 2. The summed E-state index contributed by atoms with van der Waals surface area (Å²) in [4.78, 5) is 33.6. The van der Waals surface area contributed by atoms with Crippen molar-refractivity contribution in [1.29, 1.82) is 0 Å². The van der Waals surface area contributed by atoms with Gasteiger partial charge in [0.1, 0.15) is 5.82 Å². The van der Waals surface area contributed by atoms with Crippen LogP contribution >= 0.6 is 15.9 Å². The Morgan fingerprint density at radius 1 is 1.23 bits per heavy atom. The van der Waals surface area contributed by atoms with E-state index in [1.165, 1.54) is 4.90 Å². The summed E-state index contributed by atoms with van der Waals surface area (Å²) in [7, 11) is 0. The van der Waals surface area contributed by atoms with Gasteiger partial charge in [-0.3, -0.25) is 9.78 Å². The zero-order valence-electron chi connectivity index (χ0n) is 16.2. The van der Waals surface area contributed by atoms with Crippen LogP contribution in [0.2, 0.25) is 0 Å². The molecular weight excluding hydrogens is 464 g/mol. The van der Waals surface area contributed by atoms with Crippen LogP contribution in [0.1, 0.15) is 18.0 Å². The van der Waals surface area contributed by atoms with Gasteiger partial charge in [-0.15, -0.1) is 0 Å². The fourth-order valence-electron chi connectivity index (χ4n) is 4.01. The van der Waals surface area contributed by atoms with Crippen molar-refractivity contribution in [1.82, 2.24) is 24.5 Å². The number of nitrogens with zero attached hydrogens (tertiary/aromatic N) is 5. The monoisotopic (exact) mass is 480 g/mol. The molecule has 156 valence electrons. The van der Waals surface area contributed by atoms with Crippen molar-refractivity contribution in [3.8, 4) is 11.1 Å². The topological polar surface area (TPSA) is 127 Å². The number of aliphatic carboxylic acids is 1. The van der Waals surface area contributed by atoms with Gasteiger partial charge >= 0.3 is 11.9 Å². The molecular formula is C21H17BrN6O3. The second-order valence-corrected chi connectivity index (χ2v) is 8.24. The van der Waals surface area contributed by atoms with Gasteiger partial charge in [-0.1, -0.05) is 18.2 Å². The van der Waals surface area contributed by atoms with E-state index < -0.39 is 11.9 Å². The molecule has 0 saturated carbocycles. The minimum absolute atomic E-state index is 0.137. The molecule has 1 aromatic carbocycles. The quantitative estimate of drug-likeness (QED) is 0.422. The van der Waals surface area contributed by atoms with Gasteiger partial charge in [0.25, 0.3) is 0 Å². The van der Waals surface area contributed by atoms with Crippen molar-refractivity contribution < 1.29 is 14.7 Å². The van der Waals surface area contributed by atoms with Crippen LogP contribution in [0.5, 0.6) is 0 Å². The molecule has 0 spiro atoms. The average Bonchev–Trinajstić information content (AvgIpc) is 3.42. The standard InChI is InChI=1S/C21H17BrN6O3/c22-16-17(12-5-6-27(10-12)20(29)21(30)31)26-19-14(9-25-28(19)18(16)23)13-7-11-3-1-2-4-15(11)24-8-13/h1-4,7-9,12H,5-6,10,23H2,(H,30,31). The highest BCUT2D eigenvalue weighted by Crippen LogP contribution is 2.36. The molecule has 3 aromatic heterocycles. The molecule has 0 aliphatic carbocycles. The average molecular weight is 481 g/mol. The Morgan fingerprint density at radius 2 is 2.03 bits per heavy atom. The zero-order chi connectivity index (χ0) is 21.7. The van der Waals surface area contributed by atoms with Crippen LogP contribution in [0.4, 0.5) is 5.82 Å². The fourth-order valence-corrected chi connectivity index (χ4v) is 4.59. The number of anilines is 1. The molecule has 4 aromatic rings. The molecule has 1 fully saturated rings. The molecule has 1 atom stereocenters. The maximum Gasteiger partial charge on any atom is 0.394 e. The first kappa shape index (κ1) is 19.4. The molecule has 31 heavy (non-hydrogen) atoms. The van der Waals surface area contributed by atoms with Crippen LogP contribution < -0.4 is 5.73 Å². The number of nitrogen functional groups attached to an aromatic ring is 1. The third-order valence-electron chi connectivity index (χ3n) is 5.59. The maximum atomic E-state index is 11.8. The summed E-state index contributed by atoms with van der Waals surface area (Å²) < 4.78 is 2.16. The maximum absolute atomic E-state index is 11.8. The first-order valence-electron chi connectivity index (χ1n) is 9.64. The summed E-state index contributed by atoms with van der Waals surface area (Å²) in [6.07, 6.45) is 4.08. The third-order valence-corrected chi connectivity index (χ3v) is 6.41. The SMILES string of the molecule is Nc1c(Br)c(C2CCN(C(=O)C(=O)O)C2)nc2c(-c3cnc4ccccc4c3)cnn12. The Hall–Kier alpha value is -3.53. The number of nitrogens with two attached hydrogens (primary N) is 1. The molecule has 0 radical (unpaired) electrons. The highest BCUT2D eigenvalue weighted by molar-refractivity contribution is 9.10. The molecule has 1 amide bonds. The minimum atomic E-state index is -1.45. The number of amides is 1. The molecule has 10 heteroatoms. The zero-order valence-corrected chi connectivity index (χ0v) is 17.8. The summed E-state index contributed by atoms with van der Waals surface area (Å²) in [5, 5.41) is 14.4. The number of carboxylic acid groups (broad SMARTS) is 1. The molecule has 1 aliphatic rings. The number of hydrogen-bond acceptors (Lipinski definition) is 6. The fraction of sp³-hybridized carbons (Fsp3) is 0.190. The Labute approximate surface area is 184 Å². The van der Waals surface area contributed by atoms with E-state index in [1.54, 1.807) is 16.9 Å². The van der Waals surface area contributed by atoms with Crippen LogP contribution in [0, 0.1) is 0 Å². The number of carbonyl (C=O) groups excluding carboxylic acids is 1. The van der Waals surface area contributed by atoms with Crippen molar-refractivity contribution >= 4 is 50.2 Å². The molecule has 9 nitrogen and oxygen atoms in total. The van der Waals surface area contributed by atoms with E-state index in [0.717, 1.165) is 22.0 Å². The van der Waals surface area contributed by atoms with Gasteiger partial charge in [-0.05, 0) is 34.5 Å². The second-order valence-electron chi connectivity index (χ2n) is 7.45. The molecule has 1 aliphatic heterocycles. The lowest BCUT2D eigenvalue weighted by atomic mass is 10.0. The number of para-hydroxylation sites is 1. The van der Waals surface area contributed by atoms with Crippen LogP contribution in [0.3, 0.4) is 0 Å². The van der Waals surface area contributed by atoms with Crippen molar-refractivity contribution in [2.45, 2.75) is 12.3 Å². The number of carboxylic acids is 1. The van der Waals surface area contributed by atoms with Crippen LogP contribution in [-0.2, 0) is 9.59 Å². The van der Waals surface area contributed by atoms with E-state index >= 15 is 0 Å². The molecule has 4 heterocycles. The first-order chi connectivity index (χ1) is 14.9. The summed E-state index contributed by atoms with van der Waals surface area (Å²) in [6, 6.07) is 9.87. The first-order valence-corrected chi connectivity index (χ1v) is 10.4. The number of halogens is 1. The van der Waals surface area contributed by atoms with Crippen molar-refractivity contribution in [2.75, 3.05) is 18.8 Å². The predicted octanol–water partition coefficient (Wildman–Crippen LogP) is 2.69. The summed E-state index contributed by atoms with van der Waals surface area (Å²) in [5.41, 5.74) is 10.1. The number of likely N-dealkylation sites (tertiary alicyclic amines) is 1. The molecule has 3 N–H and O–H groups in total. The van der Waals surface area contributed by atoms with Crippen molar-refractivity contribution in [3.63, 3.8) is 0 Å². The highest BCUT2D eigenvalue weighted by atomic mass is 79.9. The van der Waals surface area contributed by atoms with E-state index in [9.17, 15) is 9.59 Å². The number of pyridine rings is 1. The number of fused-ring (bicyclic) bond motifs is 2. The van der Waals surface area contributed by atoms with Gasteiger partial charge in [0.2, 0.25) is 0 Å². The van der Waals surface area contributed by atoms with E-state index in [1.807, 2.05) is 30.3 Å². The van der Waals surface area contributed by atoms with Gasteiger partial charge < -0.3 is 15.7 Å². The highest BCUT2D eigenvalue weighted by Gasteiger charge is 2.33. The van der Waals surface area contributed by atoms with E-state index in [4.69, 9.17) is 15.8 Å². The van der Waals surface area contributed by atoms with Crippen LogP contribution in [0.15, 0.2) is 47.2 Å². The Balaban J connectivity index is 1.59. The van der Waals surface area contributed by atoms with Gasteiger partial charge in [0, 0.05) is 41.7 Å². The summed E-state index contributed by atoms with van der Waals surface area (Å²) in [5.74, 6) is -2.10. The number of hydrogen-bond donors (Lipinski definition) is 2. The van der Waals surface area contributed by atoms with Crippen LogP contribution in [0.25, 0.3) is 27.7 Å². The third kappa shape index (κ3) is 3.19. The van der Waals surface area contributed by atoms with Crippen LogP contribution in [-0.4, -0.2) is 54.6 Å². The molecule has 1 unspecified atom stereocenters. The summed E-state index contributed by atoms with van der Waals surface area (Å²) in [6.45, 7) is 0.628. The Bertz CT molecular complexity index is 1370. The lowest BCUT2D eigenvalue weighted by Gasteiger charge is -2.16. The number of benzene rings is 1. The summed E-state index contributed by atoms with van der Waals surface area (Å²) >= 11 is 3.51. The Kier molecular flexibility index (Phi) is 4.58. The van der Waals surface area contributed by atoms with E-state index in [2.05, 4.69) is 26.0 Å². The molecule has 5 rings (SSSR count).